The Hall–Kier alpha value is -1.87. The predicted octanol–water partition coefficient (Wildman–Crippen LogP) is 3.68. The molecule has 0 fully saturated rings. The number of carboxylic acids is 1. The summed E-state index contributed by atoms with van der Waals surface area (Å²) >= 11 is 0. The lowest BCUT2D eigenvalue weighted by molar-refractivity contribution is 0.0502. The van der Waals surface area contributed by atoms with Gasteiger partial charge in [-0.1, -0.05) is 42.0 Å². The lowest BCUT2D eigenvalue weighted by atomic mass is 9.94. The van der Waals surface area contributed by atoms with Gasteiger partial charge in [-0.3, -0.25) is 0 Å². The molecule has 1 aliphatic rings. The highest BCUT2D eigenvalue weighted by Crippen LogP contribution is 2.22. The summed E-state index contributed by atoms with van der Waals surface area (Å²) in [6.07, 6.45) is 7.41. The standard InChI is InChI=1S/C9H14O.C7H6O2/c1-8-4-6-9(2,10-3)7-5-8;8-7(9)6-4-2-1-3-5-6/h4-6H,7H2,1-3H3;1-5H,(H,8,9). The first-order chi connectivity index (χ1) is 8.97. The lowest BCUT2D eigenvalue weighted by Crippen LogP contribution is -2.24. The molecule has 1 unspecified atom stereocenters. The van der Waals surface area contributed by atoms with Crippen molar-refractivity contribution in [1.82, 2.24) is 0 Å². The molecule has 0 spiro atoms. The molecule has 1 aliphatic carbocycles. The molecular formula is C16H20O3. The maximum atomic E-state index is 10.2. The van der Waals surface area contributed by atoms with E-state index in [1.165, 1.54) is 5.57 Å². The van der Waals surface area contributed by atoms with Crippen LogP contribution >= 0.6 is 0 Å². The van der Waals surface area contributed by atoms with Gasteiger partial charge in [0.2, 0.25) is 0 Å². The van der Waals surface area contributed by atoms with E-state index in [2.05, 4.69) is 32.1 Å². The fraction of sp³-hybridized carbons (Fsp3) is 0.312. The number of rotatable bonds is 2. The van der Waals surface area contributed by atoms with Crippen LogP contribution in [0.3, 0.4) is 0 Å². The van der Waals surface area contributed by atoms with Gasteiger partial charge in [0.15, 0.2) is 0 Å². The van der Waals surface area contributed by atoms with Crippen molar-refractivity contribution in [3.8, 4) is 0 Å². The quantitative estimate of drug-likeness (QED) is 0.882. The zero-order chi connectivity index (χ0) is 14.3. The molecule has 0 radical (unpaired) electrons. The van der Waals surface area contributed by atoms with Crippen molar-refractivity contribution in [1.29, 1.82) is 0 Å². The van der Waals surface area contributed by atoms with Crippen molar-refractivity contribution >= 4 is 5.97 Å². The number of methoxy groups -OCH3 is 1. The zero-order valence-corrected chi connectivity index (χ0v) is 11.6. The van der Waals surface area contributed by atoms with Crippen LogP contribution in [0.1, 0.15) is 30.6 Å². The summed E-state index contributed by atoms with van der Waals surface area (Å²) in [5, 5.41) is 8.38. The third-order valence-electron chi connectivity index (χ3n) is 3.02. The minimum Gasteiger partial charge on any atom is -0.478 e. The summed E-state index contributed by atoms with van der Waals surface area (Å²) in [4.78, 5) is 10.2. The molecule has 2 rings (SSSR count). The van der Waals surface area contributed by atoms with Crippen LogP contribution in [0.25, 0.3) is 0 Å². The number of hydrogen-bond donors (Lipinski definition) is 1. The fourth-order valence-corrected chi connectivity index (χ4v) is 1.54. The van der Waals surface area contributed by atoms with Gasteiger partial charge in [0, 0.05) is 7.11 Å². The van der Waals surface area contributed by atoms with Crippen LogP contribution in [0.2, 0.25) is 0 Å². The summed E-state index contributed by atoms with van der Waals surface area (Å²) in [6, 6.07) is 8.30. The molecule has 19 heavy (non-hydrogen) atoms. The summed E-state index contributed by atoms with van der Waals surface area (Å²) in [5.74, 6) is -0.879. The minimum absolute atomic E-state index is 0.0560. The van der Waals surface area contributed by atoms with Crippen molar-refractivity contribution in [2.75, 3.05) is 7.11 Å². The molecule has 1 N–H and O–H groups in total. The largest absolute Gasteiger partial charge is 0.478 e. The molecule has 0 bridgehead atoms. The van der Waals surface area contributed by atoms with E-state index in [9.17, 15) is 4.79 Å². The highest BCUT2D eigenvalue weighted by atomic mass is 16.5. The van der Waals surface area contributed by atoms with Gasteiger partial charge >= 0.3 is 5.97 Å². The smallest absolute Gasteiger partial charge is 0.335 e. The van der Waals surface area contributed by atoms with Crippen molar-refractivity contribution in [2.24, 2.45) is 0 Å². The van der Waals surface area contributed by atoms with Crippen LogP contribution in [0, 0.1) is 0 Å². The van der Waals surface area contributed by atoms with Gasteiger partial charge in [-0.25, -0.2) is 4.79 Å². The first-order valence-corrected chi connectivity index (χ1v) is 6.16. The Morgan fingerprint density at radius 1 is 1.32 bits per heavy atom. The molecule has 0 aliphatic heterocycles. The second-order valence-electron chi connectivity index (χ2n) is 4.67. The number of benzene rings is 1. The van der Waals surface area contributed by atoms with Gasteiger partial charge in [-0.05, 0) is 32.4 Å². The monoisotopic (exact) mass is 260 g/mol. The van der Waals surface area contributed by atoms with Crippen molar-refractivity contribution < 1.29 is 14.6 Å². The first-order valence-electron chi connectivity index (χ1n) is 6.16. The van der Waals surface area contributed by atoms with E-state index in [0.717, 1.165) is 6.42 Å². The van der Waals surface area contributed by atoms with E-state index < -0.39 is 5.97 Å². The molecule has 1 atom stereocenters. The fourth-order valence-electron chi connectivity index (χ4n) is 1.54. The average Bonchev–Trinajstić information content (AvgIpc) is 2.44. The van der Waals surface area contributed by atoms with Gasteiger partial charge in [0.25, 0.3) is 0 Å². The summed E-state index contributed by atoms with van der Waals surface area (Å²) in [5.41, 5.74) is 1.60. The van der Waals surface area contributed by atoms with Gasteiger partial charge in [-0.2, -0.15) is 0 Å². The zero-order valence-electron chi connectivity index (χ0n) is 11.6. The molecule has 0 aromatic heterocycles. The lowest BCUT2D eigenvalue weighted by Gasteiger charge is -2.25. The summed E-state index contributed by atoms with van der Waals surface area (Å²) in [6.45, 7) is 4.19. The van der Waals surface area contributed by atoms with E-state index in [4.69, 9.17) is 9.84 Å². The molecular weight excluding hydrogens is 240 g/mol. The highest BCUT2D eigenvalue weighted by molar-refractivity contribution is 5.87. The van der Waals surface area contributed by atoms with Crippen LogP contribution in [-0.4, -0.2) is 23.8 Å². The van der Waals surface area contributed by atoms with E-state index in [0.29, 0.717) is 5.56 Å². The number of ether oxygens (including phenoxy) is 1. The predicted molar refractivity (Wildman–Crippen MR) is 76.3 cm³/mol. The number of carbonyl (C=O) groups is 1. The van der Waals surface area contributed by atoms with E-state index in [-0.39, 0.29) is 5.60 Å². The summed E-state index contributed by atoms with van der Waals surface area (Å²) < 4.78 is 5.30. The highest BCUT2D eigenvalue weighted by Gasteiger charge is 2.19. The Bertz CT molecular complexity index is 474. The van der Waals surface area contributed by atoms with Crippen molar-refractivity contribution in [3.05, 3.63) is 59.7 Å². The number of allylic oxidation sites excluding steroid dienone is 2. The minimum atomic E-state index is -0.879. The van der Waals surface area contributed by atoms with Crippen LogP contribution in [0.5, 0.6) is 0 Å². The molecule has 0 heterocycles. The van der Waals surface area contributed by atoms with Gasteiger partial charge in [-0.15, -0.1) is 0 Å². The molecule has 0 saturated carbocycles. The Labute approximate surface area is 114 Å². The third kappa shape index (κ3) is 5.10. The number of hydrogen-bond acceptors (Lipinski definition) is 2. The second-order valence-corrected chi connectivity index (χ2v) is 4.67. The van der Waals surface area contributed by atoms with Gasteiger partial charge < -0.3 is 9.84 Å². The number of aromatic carboxylic acids is 1. The van der Waals surface area contributed by atoms with Gasteiger partial charge in [0.05, 0.1) is 11.2 Å². The van der Waals surface area contributed by atoms with Crippen LogP contribution in [0.15, 0.2) is 54.1 Å². The maximum Gasteiger partial charge on any atom is 0.335 e. The summed E-state index contributed by atoms with van der Waals surface area (Å²) in [7, 11) is 1.75. The second kappa shape index (κ2) is 6.90. The SMILES string of the molecule is COC1(C)C=CC(C)=CC1.O=C(O)c1ccccc1. The third-order valence-corrected chi connectivity index (χ3v) is 3.02. The Kier molecular flexibility index (Phi) is 5.52. The Morgan fingerprint density at radius 2 is 1.95 bits per heavy atom. The molecule has 1 aromatic rings. The van der Waals surface area contributed by atoms with Gasteiger partial charge in [0.1, 0.15) is 0 Å². The Balaban J connectivity index is 0.000000191. The maximum absolute atomic E-state index is 10.2. The molecule has 0 saturated heterocycles. The molecule has 102 valence electrons. The average molecular weight is 260 g/mol. The molecule has 1 aromatic carbocycles. The molecule has 3 heteroatoms. The van der Waals surface area contributed by atoms with Crippen LogP contribution < -0.4 is 0 Å². The molecule has 0 amide bonds. The Morgan fingerprint density at radius 3 is 2.32 bits per heavy atom. The van der Waals surface area contributed by atoms with E-state index >= 15 is 0 Å². The molecule has 3 nitrogen and oxygen atoms in total. The van der Waals surface area contributed by atoms with Crippen LogP contribution in [-0.2, 0) is 4.74 Å². The van der Waals surface area contributed by atoms with E-state index in [1.807, 2.05) is 0 Å². The van der Waals surface area contributed by atoms with E-state index in [1.54, 1.807) is 37.4 Å². The van der Waals surface area contributed by atoms with Crippen LogP contribution in [0.4, 0.5) is 0 Å². The van der Waals surface area contributed by atoms with Crippen molar-refractivity contribution in [2.45, 2.75) is 25.9 Å². The normalized spacial score (nSPS) is 21.1. The van der Waals surface area contributed by atoms with Crippen molar-refractivity contribution in [3.63, 3.8) is 0 Å². The number of carboxylic acid groups (broad SMARTS) is 1. The first kappa shape index (κ1) is 15.2. The topological polar surface area (TPSA) is 46.5 Å².